The van der Waals surface area contributed by atoms with Crippen molar-refractivity contribution in [1.29, 1.82) is 0 Å². The zero-order valence-electron chi connectivity index (χ0n) is 14.3. The standard InChI is InChI=1S/C17H18F3NO6/c1-24-13(22)8-25-12-7-27-14-11(6-26-15(12)14)21-16(23)9-2-4-10(5-3-9)17(18,19)20/h2-5,11-12,14-15H,6-8H2,1H3,(H,21,23)/t11-,12-,14-,15+/m0/s1. The molecule has 3 rings (SSSR count). The van der Waals surface area contributed by atoms with E-state index in [0.717, 1.165) is 24.3 Å². The van der Waals surface area contributed by atoms with Gasteiger partial charge in [0.15, 0.2) is 0 Å². The van der Waals surface area contributed by atoms with E-state index >= 15 is 0 Å². The van der Waals surface area contributed by atoms with E-state index in [1.54, 1.807) is 0 Å². The predicted octanol–water partition coefficient (Wildman–Crippen LogP) is 1.16. The molecule has 0 aliphatic carbocycles. The van der Waals surface area contributed by atoms with Gasteiger partial charge in [-0.15, -0.1) is 0 Å². The molecule has 2 aliphatic heterocycles. The number of carbonyl (C=O) groups excluding carboxylic acids is 2. The summed E-state index contributed by atoms with van der Waals surface area (Å²) in [7, 11) is 1.25. The summed E-state index contributed by atoms with van der Waals surface area (Å²) < 4.78 is 58.9. The van der Waals surface area contributed by atoms with Crippen LogP contribution in [0.15, 0.2) is 24.3 Å². The van der Waals surface area contributed by atoms with Gasteiger partial charge in [0, 0.05) is 5.56 Å². The maximum Gasteiger partial charge on any atom is 0.416 e. The van der Waals surface area contributed by atoms with Crippen molar-refractivity contribution in [2.24, 2.45) is 0 Å². The summed E-state index contributed by atoms with van der Waals surface area (Å²) in [4.78, 5) is 23.4. The number of hydrogen-bond acceptors (Lipinski definition) is 6. The monoisotopic (exact) mass is 389 g/mol. The van der Waals surface area contributed by atoms with Gasteiger partial charge in [-0.3, -0.25) is 4.79 Å². The third kappa shape index (κ3) is 4.40. The van der Waals surface area contributed by atoms with Crippen LogP contribution in [0.4, 0.5) is 13.2 Å². The molecule has 1 amide bonds. The molecule has 7 nitrogen and oxygen atoms in total. The number of esters is 1. The second kappa shape index (κ2) is 7.83. The van der Waals surface area contributed by atoms with E-state index in [-0.39, 0.29) is 25.4 Å². The summed E-state index contributed by atoms with van der Waals surface area (Å²) in [6, 6.07) is 3.46. The van der Waals surface area contributed by atoms with Gasteiger partial charge < -0.3 is 24.3 Å². The third-order valence-electron chi connectivity index (χ3n) is 4.44. The second-order valence-corrected chi connectivity index (χ2v) is 6.18. The number of rotatable bonds is 5. The first-order chi connectivity index (χ1) is 12.8. The maximum absolute atomic E-state index is 12.6. The molecule has 1 aromatic carbocycles. The lowest BCUT2D eigenvalue weighted by Crippen LogP contribution is -2.44. The topological polar surface area (TPSA) is 83.1 Å². The number of carbonyl (C=O) groups is 2. The van der Waals surface area contributed by atoms with Crippen LogP contribution in [-0.2, 0) is 29.9 Å². The molecule has 0 radical (unpaired) electrons. The minimum atomic E-state index is -4.46. The van der Waals surface area contributed by atoms with Gasteiger partial charge in [0.2, 0.25) is 0 Å². The molecule has 2 aliphatic rings. The number of hydrogen-bond donors (Lipinski definition) is 1. The molecule has 1 aromatic rings. The van der Waals surface area contributed by atoms with E-state index in [0.29, 0.717) is 0 Å². The molecular weight excluding hydrogens is 371 g/mol. The lowest BCUT2D eigenvalue weighted by molar-refractivity contribution is -0.150. The average molecular weight is 389 g/mol. The highest BCUT2D eigenvalue weighted by Gasteiger charge is 2.49. The highest BCUT2D eigenvalue weighted by atomic mass is 19.4. The van der Waals surface area contributed by atoms with E-state index in [1.807, 2.05) is 0 Å². The lowest BCUT2D eigenvalue weighted by atomic mass is 10.1. The smallest absolute Gasteiger partial charge is 0.416 e. The summed E-state index contributed by atoms with van der Waals surface area (Å²) in [6.07, 6.45) is -5.85. The number of nitrogens with one attached hydrogen (secondary N) is 1. The Morgan fingerprint density at radius 2 is 1.81 bits per heavy atom. The first-order valence-electron chi connectivity index (χ1n) is 8.19. The molecule has 148 valence electrons. The van der Waals surface area contributed by atoms with E-state index in [9.17, 15) is 22.8 Å². The van der Waals surface area contributed by atoms with Crippen LogP contribution >= 0.6 is 0 Å². The molecule has 2 heterocycles. The van der Waals surface area contributed by atoms with Crippen LogP contribution in [-0.4, -0.2) is 63.2 Å². The molecule has 0 unspecified atom stereocenters. The molecular formula is C17H18F3NO6. The van der Waals surface area contributed by atoms with Crippen LogP contribution in [0.1, 0.15) is 15.9 Å². The molecule has 2 fully saturated rings. The number of benzene rings is 1. The Morgan fingerprint density at radius 1 is 1.15 bits per heavy atom. The number of alkyl halides is 3. The summed E-state index contributed by atoms with van der Waals surface area (Å²) in [5.41, 5.74) is -0.726. The van der Waals surface area contributed by atoms with Crippen LogP contribution in [0.5, 0.6) is 0 Å². The Morgan fingerprint density at radius 3 is 2.44 bits per heavy atom. The van der Waals surface area contributed by atoms with Crippen molar-refractivity contribution in [2.75, 3.05) is 26.9 Å². The molecule has 4 atom stereocenters. The van der Waals surface area contributed by atoms with E-state index < -0.39 is 48.0 Å². The number of methoxy groups -OCH3 is 1. The number of fused-ring (bicyclic) bond motifs is 1. The summed E-state index contributed by atoms with van der Waals surface area (Å²) in [6.45, 7) is 0.123. The molecule has 0 saturated carbocycles. The van der Waals surface area contributed by atoms with Gasteiger partial charge in [0.05, 0.1) is 31.9 Å². The fourth-order valence-corrected chi connectivity index (χ4v) is 3.03. The zero-order valence-corrected chi connectivity index (χ0v) is 14.3. The van der Waals surface area contributed by atoms with Crippen LogP contribution < -0.4 is 5.32 Å². The van der Waals surface area contributed by atoms with E-state index in [4.69, 9.17) is 14.2 Å². The molecule has 2 saturated heterocycles. The van der Waals surface area contributed by atoms with Gasteiger partial charge >= 0.3 is 12.1 Å². The fourth-order valence-electron chi connectivity index (χ4n) is 3.03. The summed E-state index contributed by atoms with van der Waals surface area (Å²) in [5, 5.41) is 2.70. The number of amides is 1. The quantitative estimate of drug-likeness (QED) is 0.761. The van der Waals surface area contributed by atoms with Gasteiger partial charge in [0.1, 0.15) is 24.9 Å². The molecule has 0 bridgehead atoms. The minimum Gasteiger partial charge on any atom is -0.467 e. The number of ether oxygens (including phenoxy) is 4. The lowest BCUT2D eigenvalue weighted by Gasteiger charge is -2.18. The molecule has 0 spiro atoms. The van der Waals surface area contributed by atoms with Gasteiger partial charge in [-0.25, -0.2) is 4.79 Å². The van der Waals surface area contributed by atoms with Crippen molar-refractivity contribution in [1.82, 2.24) is 5.32 Å². The normalized spacial score (nSPS) is 27.3. The fraction of sp³-hybridized carbons (Fsp3) is 0.529. The Kier molecular flexibility index (Phi) is 5.68. The SMILES string of the molecule is COC(=O)CO[C@H]1CO[C@@H]2[C@@H]1OC[C@@H]2NC(=O)c1ccc(C(F)(F)F)cc1. The predicted molar refractivity (Wildman–Crippen MR) is 83.9 cm³/mol. The second-order valence-electron chi connectivity index (χ2n) is 6.18. The maximum atomic E-state index is 12.6. The van der Waals surface area contributed by atoms with Gasteiger partial charge in [0.25, 0.3) is 5.91 Å². The summed E-state index contributed by atoms with van der Waals surface area (Å²) >= 11 is 0. The van der Waals surface area contributed by atoms with Gasteiger partial charge in [-0.2, -0.15) is 13.2 Å². The number of halogens is 3. The average Bonchev–Trinajstić information content (AvgIpc) is 3.22. The Labute approximate surface area is 152 Å². The third-order valence-corrected chi connectivity index (χ3v) is 4.44. The first-order valence-corrected chi connectivity index (χ1v) is 8.19. The largest absolute Gasteiger partial charge is 0.467 e. The molecule has 10 heteroatoms. The van der Waals surface area contributed by atoms with Crippen LogP contribution in [0.25, 0.3) is 0 Å². The van der Waals surface area contributed by atoms with Crippen molar-refractivity contribution < 1.29 is 41.7 Å². The molecule has 0 aromatic heterocycles. The van der Waals surface area contributed by atoms with Gasteiger partial charge in [-0.1, -0.05) is 0 Å². The highest BCUT2D eigenvalue weighted by Crippen LogP contribution is 2.30. The van der Waals surface area contributed by atoms with Gasteiger partial charge in [-0.05, 0) is 24.3 Å². The van der Waals surface area contributed by atoms with Crippen molar-refractivity contribution in [2.45, 2.75) is 30.5 Å². The van der Waals surface area contributed by atoms with Crippen molar-refractivity contribution >= 4 is 11.9 Å². The molecule has 1 N–H and O–H groups in total. The Bertz CT molecular complexity index is 693. The zero-order chi connectivity index (χ0) is 19.6. The Balaban J connectivity index is 1.56. The van der Waals surface area contributed by atoms with Crippen LogP contribution in [0, 0.1) is 0 Å². The van der Waals surface area contributed by atoms with Crippen molar-refractivity contribution in [3.05, 3.63) is 35.4 Å². The molecule has 27 heavy (non-hydrogen) atoms. The van der Waals surface area contributed by atoms with E-state index in [1.165, 1.54) is 7.11 Å². The van der Waals surface area contributed by atoms with Crippen molar-refractivity contribution in [3.63, 3.8) is 0 Å². The highest BCUT2D eigenvalue weighted by molar-refractivity contribution is 5.94. The van der Waals surface area contributed by atoms with Crippen LogP contribution in [0.2, 0.25) is 0 Å². The Hall–Kier alpha value is -2.17. The van der Waals surface area contributed by atoms with Crippen LogP contribution in [0.3, 0.4) is 0 Å². The van der Waals surface area contributed by atoms with Crippen molar-refractivity contribution in [3.8, 4) is 0 Å². The first kappa shape index (κ1) is 19.6. The minimum absolute atomic E-state index is 0.0999. The van der Waals surface area contributed by atoms with E-state index in [2.05, 4.69) is 10.1 Å². The summed E-state index contributed by atoms with van der Waals surface area (Å²) in [5.74, 6) is -1.05.